The summed E-state index contributed by atoms with van der Waals surface area (Å²) in [5, 5.41) is 3.44. The summed E-state index contributed by atoms with van der Waals surface area (Å²) in [7, 11) is 1.53. The van der Waals surface area contributed by atoms with Crippen LogP contribution in [0.3, 0.4) is 0 Å². The van der Waals surface area contributed by atoms with E-state index >= 15 is 0 Å². The van der Waals surface area contributed by atoms with Gasteiger partial charge >= 0.3 is 0 Å². The Morgan fingerprint density at radius 2 is 2.05 bits per heavy atom. The lowest BCUT2D eigenvalue weighted by molar-refractivity contribution is 0.102. The topological polar surface area (TPSA) is 64.3 Å². The summed E-state index contributed by atoms with van der Waals surface area (Å²) in [5.41, 5.74) is 7.38. The van der Waals surface area contributed by atoms with Crippen molar-refractivity contribution in [3.63, 3.8) is 0 Å². The largest absolute Gasteiger partial charge is 0.495 e. The number of nitrogen functional groups attached to an aromatic ring is 1. The van der Waals surface area contributed by atoms with Gasteiger partial charge in [-0.1, -0.05) is 11.6 Å². The van der Waals surface area contributed by atoms with Crippen LogP contribution < -0.4 is 15.8 Å². The summed E-state index contributed by atoms with van der Waals surface area (Å²) in [4.78, 5) is 12.2. The molecule has 0 atom stereocenters. The van der Waals surface area contributed by atoms with E-state index in [1.807, 2.05) is 0 Å². The van der Waals surface area contributed by atoms with Gasteiger partial charge < -0.3 is 15.8 Å². The van der Waals surface area contributed by atoms with E-state index in [0.29, 0.717) is 27.7 Å². The van der Waals surface area contributed by atoms with Crippen molar-refractivity contribution < 1.29 is 9.53 Å². The van der Waals surface area contributed by atoms with Gasteiger partial charge in [0.1, 0.15) is 5.75 Å². The number of benzene rings is 2. The minimum atomic E-state index is -0.236. The summed E-state index contributed by atoms with van der Waals surface area (Å²) >= 11 is 7.99. The van der Waals surface area contributed by atoms with Crippen molar-refractivity contribution in [2.75, 3.05) is 18.2 Å². The van der Waals surface area contributed by atoms with Gasteiger partial charge in [-0.05, 0) is 59.0 Å². The number of hydrogen-bond acceptors (Lipinski definition) is 3. The summed E-state index contributed by atoms with van der Waals surface area (Å²) in [5.74, 6) is 0.308. The summed E-state index contributed by atoms with van der Waals surface area (Å²) in [6.45, 7) is 0. The first-order valence-electron chi connectivity index (χ1n) is 5.71. The molecule has 2 rings (SSSR count). The molecule has 104 valence electrons. The minimum Gasteiger partial charge on any atom is -0.495 e. The fraction of sp³-hybridized carbons (Fsp3) is 0.0714. The number of carbonyl (C=O) groups excluding carboxylic acids is 1. The predicted molar refractivity (Wildman–Crippen MR) is 89.5 cm³/mol. The Kier molecular flexibility index (Phi) is 4.72. The highest BCUT2D eigenvalue weighted by atomic mass is 127. The number of nitrogens with two attached hydrogens (primary N) is 1. The highest BCUT2D eigenvalue weighted by Crippen LogP contribution is 2.25. The van der Waals surface area contributed by atoms with Crippen molar-refractivity contribution in [3.8, 4) is 5.75 Å². The number of anilines is 2. The minimum absolute atomic E-state index is 0.236. The van der Waals surface area contributed by atoms with Gasteiger partial charge in [-0.2, -0.15) is 0 Å². The molecule has 0 radical (unpaired) electrons. The van der Waals surface area contributed by atoms with E-state index in [1.54, 1.807) is 36.4 Å². The third kappa shape index (κ3) is 3.34. The number of amides is 1. The molecule has 0 fully saturated rings. The first kappa shape index (κ1) is 14.9. The van der Waals surface area contributed by atoms with Crippen LogP contribution >= 0.6 is 34.2 Å². The summed E-state index contributed by atoms with van der Waals surface area (Å²) < 4.78 is 5.92. The maximum absolute atomic E-state index is 12.2. The molecule has 2 aromatic carbocycles. The van der Waals surface area contributed by atoms with Gasteiger partial charge in [0.2, 0.25) is 0 Å². The maximum atomic E-state index is 12.2. The highest BCUT2D eigenvalue weighted by molar-refractivity contribution is 14.1. The average molecular weight is 403 g/mol. The van der Waals surface area contributed by atoms with Gasteiger partial charge in [0, 0.05) is 14.2 Å². The van der Waals surface area contributed by atoms with E-state index in [9.17, 15) is 4.79 Å². The van der Waals surface area contributed by atoms with E-state index in [0.717, 1.165) is 3.57 Å². The molecule has 3 N–H and O–H groups in total. The normalized spacial score (nSPS) is 10.2. The number of hydrogen-bond donors (Lipinski definition) is 2. The van der Waals surface area contributed by atoms with Crippen molar-refractivity contribution in [1.29, 1.82) is 0 Å². The molecule has 0 unspecified atom stereocenters. The standard InChI is InChI=1S/C14H12ClIN2O2/c1-20-13-5-2-8(6-11(13)17)14(19)18-12-4-3-9(15)7-10(12)16/h2-7H,17H2,1H3,(H,18,19). The summed E-state index contributed by atoms with van der Waals surface area (Å²) in [6, 6.07) is 10.2. The molecule has 0 saturated heterocycles. The van der Waals surface area contributed by atoms with Crippen LogP contribution in [0.2, 0.25) is 5.02 Å². The molecule has 1 amide bonds. The van der Waals surface area contributed by atoms with Crippen molar-refractivity contribution in [2.45, 2.75) is 0 Å². The SMILES string of the molecule is COc1ccc(C(=O)Nc2ccc(Cl)cc2I)cc1N. The lowest BCUT2D eigenvalue weighted by atomic mass is 10.1. The molecular formula is C14H12ClIN2O2. The fourth-order valence-electron chi connectivity index (χ4n) is 1.66. The van der Waals surface area contributed by atoms with Crippen LogP contribution in [-0.4, -0.2) is 13.0 Å². The van der Waals surface area contributed by atoms with Crippen LogP contribution in [-0.2, 0) is 0 Å². The van der Waals surface area contributed by atoms with Crippen LogP contribution in [0.1, 0.15) is 10.4 Å². The molecule has 2 aromatic rings. The van der Waals surface area contributed by atoms with Crippen molar-refractivity contribution in [2.24, 2.45) is 0 Å². The number of nitrogens with one attached hydrogen (secondary N) is 1. The fourth-order valence-corrected chi connectivity index (χ4v) is 2.67. The zero-order valence-electron chi connectivity index (χ0n) is 10.6. The smallest absolute Gasteiger partial charge is 0.255 e. The molecule has 0 bridgehead atoms. The monoisotopic (exact) mass is 402 g/mol. The zero-order valence-corrected chi connectivity index (χ0v) is 13.5. The third-order valence-corrected chi connectivity index (χ3v) is 3.80. The van der Waals surface area contributed by atoms with E-state index < -0.39 is 0 Å². The molecule has 0 aliphatic carbocycles. The molecule has 6 heteroatoms. The number of halogens is 2. The van der Waals surface area contributed by atoms with Crippen LogP contribution in [0.5, 0.6) is 5.75 Å². The molecule has 0 saturated carbocycles. The van der Waals surface area contributed by atoms with Gasteiger partial charge in [0.15, 0.2) is 0 Å². The van der Waals surface area contributed by atoms with Crippen LogP contribution in [0.15, 0.2) is 36.4 Å². The number of carbonyl (C=O) groups is 1. The van der Waals surface area contributed by atoms with Crippen molar-refractivity contribution >= 4 is 51.5 Å². The first-order chi connectivity index (χ1) is 9.51. The summed E-state index contributed by atoms with van der Waals surface area (Å²) in [6.07, 6.45) is 0. The van der Waals surface area contributed by atoms with Crippen molar-refractivity contribution in [1.82, 2.24) is 0 Å². The highest BCUT2D eigenvalue weighted by Gasteiger charge is 2.10. The van der Waals surface area contributed by atoms with Crippen LogP contribution in [0.4, 0.5) is 11.4 Å². The second-order valence-corrected chi connectivity index (χ2v) is 5.63. The molecule has 4 nitrogen and oxygen atoms in total. The Balaban J connectivity index is 2.21. The second-order valence-electron chi connectivity index (χ2n) is 4.04. The Morgan fingerprint density at radius 3 is 2.65 bits per heavy atom. The molecule has 0 heterocycles. The van der Waals surface area contributed by atoms with Crippen molar-refractivity contribution in [3.05, 3.63) is 50.6 Å². The Bertz CT molecular complexity index is 662. The molecule has 20 heavy (non-hydrogen) atoms. The van der Waals surface area contributed by atoms with Gasteiger partial charge in [0.25, 0.3) is 5.91 Å². The van der Waals surface area contributed by atoms with Crippen LogP contribution in [0, 0.1) is 3.57 Å². The van der Waals surface area contributed by atoms with Gasteiger partial charge in [-0.25, -0.2) is 0 Å². The molecular weight excluding hydrogens is 391 g/mol. The quantitative estimate of drug-likeness (QED) is 0.606. The van der Waals surface area contributed by atoms with E-state index in [-0.39, 0.29) is 5.91 Å². The Hall–Kier alpha value is -1.47. The third-order valence-electron chi connectivity index (χ3n) is 2.67. The number of rotatable bonds is 3. The average Bonchev–Trinajstić information content (AvgIpc) is 2.41. The number of ether oxygens (including phenoxy) is 1. The second kappa shape index (κ2) is 6.32. The maximum Gasteiger partial charge on any atom is 0.255 e. The lowest BCUT2D eigenvalue weighted by Crippen LogP contribution is -2.13. The number of methoxy groups -OCH3 is 1. The Labute approximate surface area is 135 Å². The van der Waals surface area contributed by atoms with E-state index in [2.05, 4.69) is 27.9 Å². The zero-order chi connectivity index (χ0) is 14.7. The molecule has 0 aromatic heterocycles. The molecule has 0 aliphatic rings. The predicted octanol–water partition coefficient (Wildman–Crippen LogP) is 3.79. The first-order valence-corrected chi connectivity index (χ1v) is 7.17. The lowest BCUT2D eigenvalue weighted by Gasteiger charge is -2.09. The van der Waals surface area contributed by atoms with Crippen LogP contribution in [0.25, 0.3) is 0 Å². The Morgan fingerprint density at radius 1 is 1.30 bits per heavy atom. The van der Waals surface area contributed by atoms with Gasteiger partial charge in [0.05, 0.1) is 18.5 Å². The van der Waals surface area contributed by atoms with E-state index in [1.165, 1.54) is 7.11 Å². The molecule has 0 aliphatic heterocycles. The van der Waals surface area contributed by atoms with E-state index in [4.69, 9.17) is 22.1 Å². The van der Waals surface area contributed by atoms with Gasteiger partial charge in [-0.3, -0.25) is 4.79 Å². The molecule has 0 spiro atoms. The van der Waals surface area contributed by atoms with Gasteiger partial charge in [-0.15, -0.1) is 0 Å².